The van der Waals surface area contributed by atoms with Crippen molar-refractivity contribution in [1.82, 2.24) is 5.32 Å². The maximum Gasteiger partial charge on any atom is 0.319 e. The predicted molar refractivity (Wildman–Crippen MR) is 79.9 cm³/mol. The van der Waals surface area contributed by atoms with Gasteiger partial charge in [0.15, 0.2) is 0 Å². The van der Waals surface area contributed by atoms with E-state index in [9.17, 15) is 4.79 Å². The molecule has 0 radical (unpaired) electrons. The minimum atomic E-state index is -0.183. The van der Waals surface area contributed by atoms with Crippen molar-refractivity contribution in [3.63, 3.8) is 0 Å². The number of amides is 2. The number of hydrogen-bond donors (Lipinski definition) is 2. The lowest BCUT2D eigenvalue weighted by atomic mass is 10.1. The van der Waals surface area contributed by atoms with Gasteiger partial charge in [-0.05, 0) is 24.3 Å². The molecule has 2 amide bonds. The molecule has 4 heteroatoms. The SMILES string of the molecule is O=C(NCC1CCCO1)Nc1cccc2ccccc12. The summed E-state index contributed by atoms with van der Waals surface area (Å²) in [5.41, 5.74) is 0.827. The van der Waals surface area contributed by atoms with Crippen molar-refractivity contribution < 1.29 is 9.53 Å². The van der Waals surface area contributed by atoms with Gasteiger partial charge in [0.2, 0.25) is 0 Å². The quantitative estimate of drug-likeness (QED) is 0.900. The minimum Gasteiger partial charge on any atom is -0.376 e. The van der Waals surface area contributed by atoms with Crippen LogP contribution in [0, 0.1) is 0 Å². The Morgan fingerprint density at radius 1 is 1.20 bits per heavy atom. The zero-order chi connectivity index (χ0) is 13.8. The molecule has 3 rings (SSSR count). The van der Waals surface area contributed by atoms with Crippen molar-refractivity contribution in [3.8, 4) is 0 Å². The lowest BCUT2D eigenvalue weighted by molar-refractivity contribution is 0.112. The molecule has 104 valence electrons. The van der Waals surface area contributed by atoms with E-state index >= 15 is 0 Å². The Morgan fingerprint density at radius 2 is 2.05 bits per heavy atom. The summed E-state index contributed by atoms with van der Waals surface area (Å²) in [6, 6.07) is 13.7. The first kappa shape index (κ1) is 12.9. The maximum absolute atomic E-state index is 11.9. The van der Waals surface area contributed by atoms with Gasteiger partial charge >= 0.3 is 6.03 Å². The van der Waals surface area contributed by atoms with E-state index in [1.165, 1.54) is 0 Å². The molecular weight excluding hydrogens is 252 g/mol. The topological polar surface area (TPSA) is 50.4 Å². The molecule has 1 aliphatic rings. The third-order valence-electron chi connectivity index (χ3n) is 3.55. The average molecular weight is 270 g/mol. The summed E-state index contributed by atoms with van der Waals surface area (Å²) >= 11 is 0. The Hall–Kier alpha value is -2.07. The second-order valence-electron chi connectivity index (χ2n) is 5.00. The van der Waals surface area contributed by atoms with Crippen LogP contribution in [-0.4, -0.2) is 25.3 Å². The van der Waals surface area contributed by atoms with E-state index in [0.717, 1.165) is 35.9 Å². The first-order chi connectivity index (χ1) is 9.83. The third-order valence-corrected chi connectivity index (χ3v) is 3.55. The molecule has 2 aromatic rings. The van der Waals surface area contributed by atoms with Gasteiger partial charge < -0.3 is 15.4 Å². The molecular formula is C16H18N2O2. The molecule has 0 bridgehead atoms. The molecule has 0 spiro atoms. The van der Waals surface area contributed by atoms with Crippen LogP contribution in [0.1, 0.15) is 12.8 Å². The van der Waals surface area contributed by atoms with Crippen LogP contribution in [0.15, 0.2) is 42.5 Å². The molecule has 2 aromatic carbocycles. The van der Waals surface area contributed by atoms with Crippen LogP contribution < -0.4 is 10.6 Å². The number of hydrogen-bond acceptors (Lipinski definition) is 2. The van der Waals surface area contributed by atoms with Gasteiger partial charge in [-0.25, -0.2) is 4.79 Å². The number of urea groups is 1. The molecule has 0 aromatic heterocycles. The summed E-state index contributed by atoms with van der Waals surface area (Å²) in [6.45, 7) is 1.37. The van der Waals surface area contributed by atoms with Crippen LogP contribution in [0.3, 0.4) is 0 Å². The van der Waals surface area contributed by atoms with Crippen LogP contribution in [0.4, 0.5) is 10.5 Å². The third kappa shape index (κ3) is 2.91. The first-order valence-electron chi connectivity index (χ1n) is 6.97. The Morgan fingerprint density at radius 3 is 2.90 bits per heavy atom. The van der Waals surface area contributed by atoms with Crippen LogP contribution >= 0.6 is 0 Å². The second-order valence-corrected chi connectivity index (χ2v) is 5.00. The van der Waals surface area contributed by atoms with E-state index < -0.39 is 0 Å². The Bertz CT molecular complexity index is 601. The molecule has 1 aliphatic heterocycles. The highest BCUT2D eigenvalue weighted by molar-refractivity contribution is 6.01. The highest BCUT2D eigenvalue weighted by Gasteiger charge is 2.16. The molecule has 4 nitrogen and oxygen atoms in total. The molecule has 2 N–H and O–H groups in total. The standard InChI is InChI=1S/C16H18N2O2/c19-16(17-11-13-7-4-10-20-13)18-15-9-3-6-12-5-1-2-8-14(12)15/h1-3,5-6,8-9,13H,4,7,10-11H2,(H2,17,18,19). The number of anilines is 1. The van der Waals surface area contributed by atoms with E-state index in [2.05, 4.69) is 10.6 Å². The molecule has 1 atom stereocenters. The summed E-state index contributed by atoms with van der Waals surface area (Å²) in [4.78, 5) is 11.9. The summed E-state index contributed by atoms with van der Waals surface area (Å²) in [7, 11) is 0. The normalized spacial score (nSPS) is 18.1. The van der Waals surface area contributed by atoms with E-state index in [0.29, 0.717) is 6.54 Å². The monoisotopic (exact) mass is 270 g/mol. The smallest absolute Gasteiger partial charge is 0.319 e. The number of benzene rings is 2. The second kappa shape index (κ2) is 5.92. The highest BCUT2D eigenvalue weighted by atomic mass is 16.5. The van der Waals surface area contributed by atoms with E-state index in [4.69, 9.17) is 4.74 Å². The fourth-order valence-corrected chi connectivity index (χ4v) is 2.51. The summed E-state index contributed by atoms with van der Waals surface area (Å²) in [5.74, 6) is 0. The molecule has 1 saturated heterocycles. The van der Waals surface area contributed by atoms with Gasteiger partial charge in [0, 0.05) is 18.5 Å². The van der Waals surface area contributed by atoms with Crippen molar-refractivity contribution in [2.24, 2.45) is 0 Å². The largest absolute Gasteiger partial charge is 0.376 e. The average Bonchev–Trinajstić information content (AvgIpc) is 2.99. The van der Waals surface area contributed by atoms with Crippen molar-refractivity contribution >= 4 is 22.5 Å². The van der Waals surface area contributed by atoms with Gasteiger partial charge in [0.05, 0.1) is 11.8 Å². The summed E-state index contributed by atoms with van der Waals surface area (Å²) in [5, 5.41) is 7.92. The molecule has 1 unspecified atom stereocenters. The van der Waals surface area contributed by atoms with Gasteiger partial charge in [-0.1, -0.05) is 36.4 Å². The zero-order valence-electron chi connectivity index (χ0n) is 11.3. The van der Waals surface area contributed by atoms with Gasteiger partial charge in [0.1, 0.15) is 0 Å². The first-order valence-corrected chi connectivity index (χ1v) is 6.97. The number of fused-ring (bicyclic) bond motifs is 1. The molecule has 0 saturated carbocycles. The van der Waals surface area contributed by atoms with Crippen LogP contribution in [-0.2, 0) is 4.74 Å². The number of ether oxygens (including phenoxy) is 1. The van der Waals surface area contributed by atoms with Crippen molar-refractivity contribution in [3.05, 3.63) is 42.5 Å². The van der Waals surface area contributed by atoms with E-state index in [-0.39, 0.29) is 12.1 Å². The van der Waals surface area contributed by atoms with Gasteiger partial charge in [-0.15, -0.1) is 0 Å². The maximum atomic E-state index is 11.9. The highest BCUT2D eigenvalue weighted by Crippen LogP contribution is 2.22. The Balaban J connectivity index is 1.65. The van der Waals surface area contributed by atoms with Gasteiger partial charge in [-0.3, -0.25) is 0 Å². The number of carbonyl (C=O) groups excluding carboxylic acids is 1. The molecule has 0 aliphatic carbocycles. The number of carbonyl (C=O) groups is 1. The fourth-order valence-electron chi connectivity index (χ4n) is 2.51. The number of rotatable bonds is 3. The minimum absolute atomic E-state index is 0.160. The van der Waals surface area contributed by atoms with Crippen molar-refractivity contribution in [2.45, 2.75) is 18.9 Å². The Kier molecular flexibility index (Phi) is 3.83. The van der Waals surface area contributed by atoms with Crippen LogP contribution in [0.25, 0.3) is 10.8 Å². The summed E-state index contributed by atoms with van der Waals surface area (Å²) < 4.78 is 5.48. The van der Waals surface area contributed by atoms with Crippen molar-refractivity contribution in [1.29, 1.82) is 0 Å². The van der Waals surface area contributed by atoms with Gasteiger partial charge in [-0.2, -0.15) is 0 Å². The van der Waals surface area contributed by atoms with Crippen molar-refractivity contribution in [2.75, 3.05) is 18.5 Å². The van der Waals surface area contributed by atoms with Crippen LogP contribution in [0.2, 0.25) is 0 Å². The molecule has 1 fully saturated rings. The number of nitrogens with one attached hydrogen (secondary N) is 2. The fraction of sp³-hybridized carbons (Fsp3) is 0.312. The lowest BCUT2D eigenvalue weighted by Gasteiger charge is -2.13. The van der Waals surface area contributed by atoms with E-state index in [1.54, 1.807) is 0 Å². The van der Waals surface area contributed by atoms with E-state index in [1.807, 2.05) is 42.5 Å². The zero-order valence-corrected chi connectivity index (χ0v) is 11.3. The molecule has 20 heavy (non-hydrogen) atoms. The summed E-state index contributed by atoms with van der Waals surface area (Å²) in [6.07, 6.45) is 2.26. The Labute approximate surface area is 118 Å². The van der Waals surface area contributed by atoms with Gasteiger partial charge in [0.25, 0.3) is 0 Å². The van der Waals surface area contributed by atoms with Crippen LogP contribution in [0.5, 0.6) is 0 Å². The predicted octanol–water partition coefficient (Wildman–Crippen LogP) is 3.14. The lowest BCUT2D eigenvalue weighted by Crippen LogP contribution is -2.35. The molecule has 1 heterocycles.